The normalized spacial score (nSPS) is 16.5. The molecule has 1 aliphatic rings. The maximum Gasteiger partial charge on any atom is 0.236 e. The fourth-order valence-electron chi connectivity index (χ4n) is 2.09. The third-order valence-corrected chi connectivity index (χ3v) is 3.41. The molecule has 0 aliphatic carbocycles. The Balaban J connectivity index is 2.41. The van der Waals surface area contributed by atoms with Gasteiger partial charge in [-0.25, -0.2) is 0 Å². The zero-order chi connectivity index (χ0) is 15.7. The van der Waals surface area contributed by atoms with Crippen LogP contribution in [0.3, 0.4) is 0 Å². The van der Waals surface area contributed by atoms with Crippen LogP contribution in [0.25, 0.3) is 0 Å². The first-order valence-corrected chi connectivity index (χ1v) is 7.62. The first kappa shape index (κ1) is 17.9. The lowest BCUT2D eigenvalue weighted by atomic mass is 10.1. The molecule has 6 nitrogen and oxygen atoms in total. The van der Waals surface area contributed by atoms with E-state index in [9.17, 15) is 4.79 Å². The molecule has 0 aromatic heterocycles. The number of carbonyl (C=O) groups is 1. The maximum absolute atomic E-state index is 12.3. The summed E-state index contributed by atoms with van der Waals surface area (Å²) in [6.45, 7) is 11.8. The van der Waals surface area contributed by atoms with E-state index < -0.39 is 0 Å². The predicted octanol–water partition coefficient (Wildman–Crippen LogP) is 0.449. The molecule has 0 radical (unpaired) electrons. The third-order valence-electron chi connectivity index (χ3n) is 3.41. The average Bonchev–Trinajstić information content (AvgIpc) is 2.45. The quantitative estimate of drug-likeness (QED) is 0.739. The molecule has 6 heteroatoms. The lowest BCUT2D eigenvalue weighted by molar-refractivity contribution is -0.130. The number of nitriles is 1. The van der Waals surface area contributed by atoms with Crippen LogP contribution >= 0.6 is 0 Å². The van der Waals surface area contributed by atoms with Crippen LogP contribution < -0.4 is 5.32 Å². The van der Waals surface area contributed by atoms with Crippen molar-refractivity contribution in [3.63, 3.8) is 0 Å². The van der Waals surface area contributed by atoms with Crippen LogP contribution in [0.1, 0.15) is 27.2 Å². The molecule has 1 aliphatic heterocycles. The average molecular weight is 296 g/mol. The zero-order valence-electron chi connectivity index (χ0n) is 13.5. The second-order valence-corrected chi connectivity index (χ2v) is 6.35. The summed E-state index contributed by atoms with van der Waals surface area (Å²) in [5.41, 5.74) is -0.0826. The number of morpholine rings is 1. The van der Waals surface area contributed by atoms with E-state index in [1.807, 2.05) is 20.8 Å². The van der Waals surface area contributed by atoms with E-state index in [1.165, 1.54) is 0 Å². The fourth-order valence-corrected chi connectivity index (χ4v) is 2.09. The minimum Gasteiger partial charge on any atom is -0.379 e. The van der Waals surface area contributed by atoms with E-state index in [4.69, 9.17) is 10.00 Å². The molecule has 1 N–H and O–H groups in total. The molecule has 0 aromatic carbocycles. The maximum atomic E-state index is 12.3. The Hall–Kier alpha value is -1.16. The molecule has 0 saturated carbocycles. The minimum atomic E-state index is -0.0826. The number of ether oxygens (including phenoxy) is 1. The SMILES string of the molecule is CC(C)(C)NCC(=O)N(CCC#N)CCN1CCOCC1. The molecule has 21 heavy (non-hydrogen) atoms. The largest absolute Gasteiger partial charge is 0.379 e. The monoisotopic (exact) mass is 296 g/mol. The molecular formula is C15H28N4O2. The predicted molar refractivity (Wildman–Crippen MR) is 81.8 cm³/mol. The van der Waals surface area contributed by atoms with E-state index >= 15 is 0 Å². The highest BCUT2D eigenvalue weighted by molar-refractivity contribution is 5.78. The first-order valence-electron chi connectivity index (χ1n) is 7.62. The Kier molecular flexibility index (Phi) is 7.65. The van der Waals surface area contributed by atoms with E-state index in [0.29, 0.717) is 26.1 Å². The number of hydrogen-bond donors (Lipinski definition) is 1. The van der Waals surface area contributed by atoms with Crippen LogP contribution in [0, 0.1) is 11.3 Å². The molecule has 1 fully saturated rings. The van der Waals surface area contributed by atoms with Gasteiger partial charge < -0.3 is 15.0 Å². The van der Waals surface area contributed by atoms with E-state index in [2.05, 4.69) is 16.3 Å². The van der Waals surface area contributed by atoms with Gasteiger partial charge in [0.2, 0.25) is 5.91 Å². The van der Waals surface area contributed by atoms with Crippen molar-refractivity contribution >= 4 is 5.91 Å². The molecule has 1 heterocycles. The Morgan fingerprint density at radius 2 is 2.00 bits per heavy atom. The van der Waals surface area contributed by atoms with Gasteiger partial charge in [-0.15, -0.1) is 0 Å². The number of amides is 1. The Morgan fingerprint density at radius 3 is 2.57 bits per heavy atom. The summed E-state index contributed by atoms with van der Waals surface area (Å²) >= 11 is 0. The van der Waals surface area contributed by atoms with Crippen molar-refractivity contribution in [2.45, 2.75) is 32.7 Å². The summed E-state index contributed by atoms with van der Waals surface area (Å²) in [5, 5.41) is 12.0. The van der Waals surface area contributed by atoms with Crippen LogP contribution in [0.2, 0.25) is 0 Å². The van der Waals surface area contributed by atoms with Crippen molar-refractivity contribution in [3.8, 4) is 6.07 Å². The topological polar surface area (TPSA) is 68.6 Å². The lowest BCUT2D eigenvalue weighted by Gasteiger charge is -2.30. The summed E-state index contributed by atoms with van der Waals surface area (Å²) in [5.74, 6) is 0.0634. The van der Waals surface area contributed by atoms with E-state index in [-0.39, 0.29) is 11.4 Å². The standard InChI is InChI=1S/C15H28N4O2/c1-15(2,3)17-13-14(20)19(6-4-5-16)8-7-18-9-11-21-12-10-18/h17H,4,6-13H2,1-3H3. The highest BCUT2D eigenvalue weighted by atomic mass is 16.5. The summed E-state index contributed by atoms with van der Waals surface area (Å²) < 4.78 is 5.32. The van der Waals surface area contributed by atoms with Crippen molar-refractivity contribution < 1.29 is 9.53 Å². The summed E-state index contributed by atoms with van der Waals surface area (Å²) in [6, 6.07) is 2.12. The van der Waals surface area contributed by atoms with Gasteiger partial charge in [-0.3, -0.25) is 9.69 Å². The van der Waals surface area contributed by atoms with Crippen molar-refractivity contribution in [1.82, 2.24) is 15.1 Å². The number of nitrogens with zero attached hydrogens (tertiary/aromatic N) is 3. The van der Waals surface area contributed by atoms with Gasteiger partial charge in [0.1, 0.15) is 0 Å². The molecule has 0 bridgehead atoms. The second kappa shape index (κ2) is 8.98. The summed E-state index contributed by atoms with van der Waals surface area (Å²) in [4.78, 5) is 16.4. The van der Waals surface area contributed by atoms with Crippen LogP contribution in [0.4, 0.5) is 0 Å². The summed E-state index contributed by atoms with van der Waals surface area (Å²) in [6.07, 6.45) is 0.379. The lowest BCUT2D eigenvalue weighted by Crippen LogP contribution is -2.48. The van der Waals surface area contributed by atoms with Gasteiger partial charge in [0.25, 0.3) is 0 Å². The highest BCUT2D eigenvalue weighted by Crippen LogP contribution is 2.01. The molecule has 0 unspecified atom stereocenters. The van der Waals surface area contributed by atoms with Gasteiger partial charge >= 0.3 is 0 Å². The highest BCUT2D eigenvalue weighted by Gasteiger charge is 2.18. The number of hydrogen-bond acceptors (Lipinski definition) is 5. The molecule has 0 atom stereocenters. The molecule has 0 aromatic rings. The number of nitrogens with one attached hydrogen (secondary N) is 1. The van der Waals surface area contributed by atoms with E-state index in [0.717, 1.165) is 32.8 Å². The second-order valence-electron chi connectivity index (χ2n) is 6.35. The third kappa shape index (κ3) is 8.00. The Bertz CT molecular complexity index is 354. The Labute approximate surface area is 128 Å². The van der Waals surface area contributed by atoms with Crippen molar-refractivity contribution in [1.29, 1.82) is 5.26 Å². The van der Waals surface area contributed by atoms with Gasteiger partial charge in [-0.2, -0.15) is 5.26 Å². The van der Waals surface area contributed by atoms with Crippen LogP contribution in [-0.2, 0) is 9.53 Å². The number of carbonyl (C=O) groups excluding carboxylic acids is 1. The van der Waals surface area contributed by atoms with Crippen LogP contribution in [0.15, 0.2) is 0 Å². The van der Waals surface area contributed by atoms with Crippen molar-refractivity contribution in [2.24, 2.45) is 0 Å². The number of rotatable bonds is 7. The van der Waals surface area contributed by atoms with Gasteiger partial charge in [0.05, 0.1) is 32.2 Å². The van der Waals surface area contributed by atoms with Crippen molar-refractivity contribution in [2.75, 3.05) is 52.5 Å². The molecule has 120 valence electrons. The molecular weight excluding hydrogens is 268 g/mol. The van der Waals surface area contributed by atoms with Gasteiger partial charge in [-0.1, -0.05) is 0 Å². The van der Waals surface area contributed by atoms with Crippen LogP contribution in [0.5, 0.6) is 0 Å². The molecule has 1 rings (SSSR count). The van der Waals surface area contributed by atoms with E-state index in [1.54, 1.807) is 4.90 Å². The van der Waals surface area contributed by atoms with Gasteiger partial charge in [0, 0.05) is 38.3 Å². The molecule has 1 saturated heterocycles. The van der Waals surface area contributed by atoms with Gasteiger partial charge in [-0.05, 0) is 20.8 Å². The fraction of sp³-hybridized carbons (Fsp3) is 0.867. The first-order chi connectivity index (χ1) is 9.92. The Morgan fingerprint density at radius 1 is 1.33 bits per heavy atom. The smallest absolute Gasteiger partial charge is 0.236 e. The zero-order valence-corrected chi connectivity index (χ0v) is 13.5. The molecule has 0 spiro atoms. The van der Waals surface area contributed by atoms with Crippen LogP contribution in [-0.4, -0.2) is 73.7 Å². The molecule has 1 amide bonds. The minimum absolute atomic E-state index is 0.0634. The van der Waals surface area contributed by atoms with Gasteiger partial charge in [0.15, 0.2) is 0 Å². The summed E-state index contributed by atoms with van der Waals surface area (Å²) in [7, 11) is 0. The van der Waals surface area contributed by atoms with Crippen molar-refractivity contribution in [3.05, 3.63) is 0 Å².